The second-order valence-electron chi connectivity index (χ2n) is 6.45. The number of methoxy groups -OCH3 is 1. The van der Waals surface area contributed by atoms with Crippen molar-refractivity contribution in [2.75, 3.05) is 20.3 Å². The number of rotatable bonds is 6. The maximum atomic E-state index is 9.83. The quantitative estimate of drug-likeness (QED) is 0.646. The largest absolute Gasteiger partial charge is 0.392 e. The average Bonchev–Trinajstić information content (AvgIpc) is 2.53. The number of aryl methyl sites for hydroxylation is 1. The molecule has 0 amide bonds. The number of hydrogen-bond acceptors (Lipinski definition) is 2. The Morgan fingerprint density at radius 1 is 1.30 bits per heavy atom. The number of ether oxygens (including phenoxy) is 1. The van der Waals surface area contributed by atoms with Crippen LogP contribution in [0.3, 0.4) is 0 Å². The summed E-state index contributed by atoms with van der Waals surface area (Å²) in [7, 11) is 1.72. The van der Waals surface area contributed by atoms with Crippen molar-refractivity contribution < 1.29 is 14.4 Å². The van der Waals surface area contributed by atoms with E-state index in [9.17, 15) is 5.11 Å². The Kier molecular flexibility index (Phi) is 4.79. The van der Waals surface area contributed by atoms with Crippen LogP contribution in [0.15, 0.2) is 41.6 Å². The van der Waals surface area contributed by atoms with Crippen LogP contribution in [0.1, 0.15) is 42.4 Å². The number of benzene rings is 1. The van der Waals surface area contributed by atoms with Gasteiger partial charge in [-0.25, -0.2) is 0 Å². The highest BCUT2D eigenvalue weighted by atomic mass is 16.5. The summed E-state index contributed by atoms with van der Waals surface area (Å²) in [5, 5.41) is 9.83. The van der Waals surface area contributed by atoms with Crippen LogP contribution in [-0.2, 0) is 4.74 Å². The third-order valence-corrected chi connectivity index (χ3v) is 4.85. The lowest BCUT2D eigenvalue weighted by molar-refractivity contribution is -0.496. The highest BCUT2D eigenvalue weighted by molar-refractivity contribution is 5.82. The van der Waals surface area contributed by atoms with E-state index in [4.69, 9.17) is 4.74 Å². The first-order chi connectivity index (χ1) is 11.2. The summed E-state index contributed by atoms with van der Waals surface area (Å²) in [5.74, 6) is 0.323. The van der Waals surface area contributed by atoms with Crippen LogP contribution in [-0.4, -0.2) is 42.3 Å². The van der Waals surface area contributed by atoms with E-state index in [2.05, 4.69) is 55.1 Å². The number of aliphatic hydroxyl groups is 1. The molecule has 2 atom stereocenters. The molecule has 3 rings (SSSR count). The molecule has 3 heteroatoms. The minimum absolute atomic E-state index is 0.104. The fourth-order valence-corrected chi connectivity index (χ4v) is 3.76. The fraction of sp³-hybridized carbons (Fsp3) is 0.450. The van der Waals surface area contributed by atoms with Crippen LogP contribution in [0.2, 0.25) is 0 Å². The second kappa shape index (κ2) is 6.81. The number of nitrogens with zero attached hydrogens (tertiary/aromatic N) is 1. The lowest BCUT2D eigenvalue weighted by Gasteiger charge is -2.40. The van der Waals surface area contributed by atoms with Crippen LogP contribution in [0.25, 0.3) is 0 Å². The van der Waals surface area contributed by atoms with Gasteiger partial charge in [0.15, 0.2) is 18.5 Å². The Hall–Kier alpha value is -1.71. The molecule has 1 aromatic rings. The van der Waals surface area contributed by atoms with Gasteiger partial charge in [-0.05, 0) is 36.6 Å². The van der Waals surface area contributed by atoms with Gasteiger partial charge in [0.1, 0.15) is 0 Å². The van der Waals surface area contributed by atoms with Gasteiger partial charge in [0.05, 0.1) is 19.1 Å². The number of fused-ring (bicyclic) bond motifs is 3. The third-order valence-electron chi connectivity index (χ3n) is 4.85. The number of aliphatic hydroxyl groups excluding tert-OH is 1. The van der Waals surface area contributed by atoms with Crippen LogP contribution in [0.5, 0.6) is 0 Å². The van der Waals surface area contributed by atoms with Gasteiger partial charge in [0.2, 0.25) is 0 Å². The number of allylic oxidation sites excluding steroid dienone is 1. The minimum atomic E-state index is 0.104. The van der Waals surface area contributed by atoms with Crippen molar-refractivity contribution in [3.05, 3.63) is 58.3 Å². The molecule has 2 unspecified atom stereocenters. The van der Waals surface area contributed by atoms with Crippen molar-refractivity contribution in [1.82, 2.24) is 0 Å². The van der Waals surface area contributed by atoms with Crippen molar-refractivity contribution in [3.63, 3.8) is 0 Å². The van der Waals surface area contributed by atoms with Crippen molar-refractivity contribution >= 4 is 6.21 Å². The minimum Gasteiger partial charge on any atom is -0.392 e. The lowest BCUT2D eigenvalue weighted by atomic mass is 9.66. The van der Waals surface area contributed by atoms with E-state index >= 15 is 0 Å². The van der Waals surface area contributed by atoms with Gasteiger partial charge in [0, 0.05) is 18.2 Å². The Bertz CT molecular complexity index is 685. The van der Waals surface area contributed by atoms with E-state index in [1.54, 1.807) is 7.11 Å². The van der Waals surface area contributed by atoms with E-state index in [1.165, 1.54) is 22.3 Å². The van der Waals surface area contributed by atoms with Gasteiger partial charge in [0.25, 0.3) is 0 Å². The molecule has 1 N–H and O–H groups in total. The maximum absolute atomic E-state index is 9.83. The van der Waals surface area contributed by atoms with E-state index in [0.717, 1.165) is 18.4 Å². The number of hydrogen-bond donors (Lipinski definition) is 1. The smallest absolute Gasteiger partial charge is 0.192 e. The molecule has 3 nitrogen and oxygen atoms in total. The highest BCUT2D eigenvalue weighted by Crippen LogP contribution is 2.47. The van der Waals surface area contributed by atoms with E-state index in [-0.39, 0.29) is 12.6 Å². The predicted molar refractivity (Wildman–Crippen MR) is 93.2 cm³/mol. The van der Waals surface area contributed by atoms with Crippen molar-refractivity contribution in [3.8, 4) is 0 Å². The third kappa shape index (κ3) is 2.79. The summed E-state index contributed by atoms with van der Waals surface area (Å²) in [6, 6.07) is 6.88. The van der Waals surface area contributed by atoms with E-state index in [0.29, 0.717) is 12.5 Å². The highest BCUT2D eigenvalue weighted by Gasteiger charge is 2.50. The molecule has 1 heterocycles. The summed E-state index contributed by atoms with van der Waals surface area (Å²) < 4.78 is 7.65. The maximum Gasteiger partial charge on any atom is 0.192 e. The van der Waals surface area contributed by atoms with Gasteiger partial charge < -0.3 is 9.84 Å². The first-order valence-corrected chi connectivity index (χ1v) is 8.42. The molecule has 0 aromatic heterocycles. The zero-order valence-corrected chi connectivity index (χ0v) is 14.2. The zero-order chi connectivity index (χ0) is 16.4. The summed E-state index contributed by atoms with van der Waals surface area (Å²) in [5.41, 5.74) is 6.26. The van der Waals surface area contributed by atoms with E-state index < -0.39 is 0 Å². The topological polar surface area (TPSA) is 32.5 Å². The van der Waals surface area contributed by atoms with Crippen LogP contribution in [0.4, 0.5) is 0 Å². The molecule has 0 bridgehead atoms. The monoisotopic (exact) mass is 312 g/mol. The Morgan fingerprint density at radius 3 is 2.83 bits per heavy atom. The summed E-state index contributed by atoms with van der Waals surface area (Å²) in [6.45, 7) is 5.01. The van der Waals surface area contributed by atoms with E-state index in [1.807, 2.05) is 0 Å². The normalized spacial score (nSPS) is 22.7. The molecule has 2 aliphatic rings. The molecule has 23 heavy (non-hydrogen) atoms. The van der Waals surface area contributed by atoms with Gasteiger partial charge in [-0.3, -0.25) is 0 Å². The molecule has 0 spiro atoms. The molecular formula is C20H26NO2+. The van der Waals surface area contributed by atoms with Gasteiger partial charge in [-0.2, -0.15) is 4.58 Å². The summed E-state index contributed by atoms with van der Waals surface area (Å²) in [4.78, 5) is 0. The van der Waals surface area contributed by atoms with Crippen LogP contribution in [0, 0.1) is 6.92 Å². The lowest BCUT2D eigenvalue weighted by Crippen LogP contribution is -2.47. The van der Waals surface area contributed by atoms with Crippen molar-refractivity contribution in [1.29, 1.82) is 0 Å². The molecule has 1 aliphatic heterocycles. The molecular weight excluding hydrogens is 286 g/mol. The van der Waals surface area contributed by atoms with Gasteiger partial charge in [-0.15, -0.1) is 0 Å². The van der Waals surface area contributed by atoms with Crippen LogP contribution >= 0.6 is 0 Å². The standard InChI is InChI=1S/C20H26NO2/c1-4-5-6-9-21-11-15-10-14(2)7-8-16(15)19-18(13-23-3)17(12-22)20(19)21/h6-11,19-20,22H,4-5,12-13H2,1-3H3/q+1/b9-6-. The Morgan fingerprint density at radius 2 is 2.13 bits per heavy atom. The Labute approximate surface area is 138 Å². The molecule has 0 fully saturated rings. The zero-order valence-electron chi connectivity index (χ0n) is 14.2. The molecule has 0 radical (unpaired) electrons. The fourth-order valence-electron chi connectivity index (χ4n) is 3.76. The van der Waals surface area contributed by atoms with Gasteiger partial charge >= 0.3 is 0 Å². The van der Waals surface area contributed by atoms with Crippen molar-refractivity contribution in [2.45, 2.75) is 38.6 Å². The summed E-state index contributed by atoms with van der Waals surface area (Å²) >= 11 is 0. The first kappa shape index (κ1) is 16.2. The number of unbranched alkanes of at least 4 members (excludes halogenated alkanes) is 1. The molecule has 122 valence electrons. The predicted octanol–water partition coefficient (Wildman–Crippen LogP) is 3.15. The van der Waals surface area contributed by atoms with Gasteiger partial charge in [-0.1, -0.05) is 31.0 Å². The first-order valence-electron chi connectivity index (χ1n) is 8.42. The molecule has 0 saturated heterocycles. The van der Waals surface area contributed by atoms with Crippen molar-refractivity contribution in [2.24, 2.45) is 0 Å². The molecule has 1 aromatic carbocycles. The molecule has 0 saturated carbocycles. The summed E-state index contributed by atoms with van der Waals surface area (Å²) in [6.07, 6.45) is 8.83. The SMILES string of the molecule is CCC/C=C\[N+]1=Cc2cc(C)ccc2C2C(COC)=C(CO)C21. The molecule has 1 aliphatic carbocycles. The van der Waals surface area contributed by atoms with Crippen LogP contribution < -0.4 is 0 Å². The second-order valence-corrected chi connectivity index (χ2v) is 6.45. The average molecular weight is 312 g/mol. The Balaban J connectivity index is 2.07.